The minimum Gasteiger partial charge on any atom is -0.465 e. The van der Waals surface area contributed by atoms with Crippen LogP contribution in [0.1, 0.15) is 19.8 Å². The number of amides is 2. The van der Waals surface area contributed by atoms with Gasteiger partial charge in [0.25, 0.3) is 0 Å². The Morgan fingerprint density at radius 3 is 1.56 bits per heavy atom. The molecular formula is C10H22N2O5Si. The second kappa shape index (κ2) is 17.6. The van der Waals surface area contributed by atoms with E-state index in [0.717, 1.165) is 35.5 Å². The van der Waals surface area contributed by atoms with Crippen LogP contribution in [0.4, 0.5) is 9.59 Å². The molecule has 0 bridgehead atoms. The van der Waals surface area contributed by atoms with Crippen molar-refractivity contribution in [2.45, 2.75) is 25.5 Å². The lowest BCUT2D eigenvalue weighted by Gasteiger charge is -1.95. The summed E-state index contributed by atoms with van der Waals surface area (Å²) in [5.74, 6) is 0. The summed E-state index contributed by atoms with van der Waals surface area (Å²) in [6, 6.07) is 0. The van der Waals surface area contributed by atoms with Crippen molar-refractivity contribution in [2.75, 3.05) is 0 Å². The van der Waals surface area contributed by atoms with Gasteiger partial charge in [-0.2, -0.15) is 0 Å². The van der Waals surface area contributed by atoms with Crippen molar-refractivity contribution < 1.29 is 24.9 Å². The first-order valence-electron chi connectivity index (χ1n) is 5.20. The summed E-state index contributed by atoms with van der Waals surface area (Å²) in [6.45, 7) is 8.30. The third kappa shape index (κ3) is 47.7. The Hall–Kier alpha value is -1.80. The molecule has 0 aromatic rings. The summed E-state index contributed by atoms with van der Waals surface area (Å²) in [5, 5.41) is 27.9. The van der Waals surface area contributed by atoms with E-state index in [1.807, 2.05) is 10.6 Å². The fourth-order valence-electron chi connectivity index (χ4n) is 0.592. The Bertz CT molecular complexity index is 226. The highest BCUT2D eigenvalue weighted by molar-refractivity contribution is 6.10. The monoisotopic (exact) mass is 278 g/mol. The van der Waals surface area contributed by atoms with Gasteiger partial charge in [-0.25, -0.2) is 9.59 Å². The highest BCUT2D eigenvalue weighted by Gasteiger charge is 1.87. The van der Waals surface area contributed by atoms with Crippen LogP contribution in [0.15, 0.2) is 25.6 Å². The summed E-state index contributed by atoms with van der Waals surface area (Å²) >= 11 is 0. The lowest BCUT2D eigenvalue weighted by molar-refractivity contribution is 0.197. The SMILES string of the molecule is C=CNC(=O)O.C=CNC(=O)O.CCCC(O)[SiH3]. The Morgan fingerprint density at radius 1 is 1.22 bits per heavy atom. The number of carbonyl (C=O) groups is 2. The largest absolute Gasteiger partial charge is 0.465 e. The van der Waals surface area contributed by atoms with E-state index in [9.17, 15) is 9.59 Å². The topological polar surface area (TPSA) is 119 Å². The molecule has 0 aromatic carbocycles. The van der Waals surface area contributed by atoms with Crippen LogP contribution in [-0.2, 0) is 0 Å². The van der Waals surface area contributed by atoms with E-state index >= 15 is 0 Å². The molecule has 0 heterocycles. The van der Waals surface area contributed by atoms with Gasteiger partial charge in [-0.3, -0.25) is 10.6 Å². The predicted molar refractivity (Wildman–Crippen MR) is 73.6 cm³/mol. The molecule has 0 aromatic heterocycles. The molecule has 0 aliphatic heterocycles. The third-order valence-electron chi connectivity index (χ3n) is 1.16. The molecule has 0 fully saturated rings. The molecule has 0 aliphatic carbocycles. The molecule has 1 atom stereocenters. The molecule has 0 radical (unpaired) electrons. The van der Waals surface area contributed by atoms with Gasteiger partial charge in [0.2, 0.25) is 0 Å². The summed E-state index contributed by atoms with van der Waals surface area (Å²) < 4.78 is 0. The van der Waals surface area contributed by atoms with E-state index in [4.69, 9.17) is 15.3 Å². The number of carboxylic acid groups (broad SMARTS) is 2. The fourth-order valence-corrected chi connectivity index (χ4v) is 1.17. The molecule has 8 heteroatoms. The van der Waals surface area contributed by atoms with E-state index in [1.54, 1.807) is 0 Å². The van der Waals surface area contributed by atoms with Crippen LogP contribution in [0, 0.1) is 0 Å². The molecule has 106 valence electrons. The van der Waals surface area contributed by atoms with Gasteiger partial charge >= 0.3 is 12.2 Å². The summed E-state index contributed by atoms with van der Waals surface area (Å²) in [7, 11) is 0.934. The Morgan fingerprint density at radius 2 is 1.56 bits per heavy atom. The third-order valence-corrected chi connectivity index (χ3v) is 1.73. The highest BCUT2D eigenvalue weighted by atomic mass is 28.1. The summed E-state index contributed by atoms with van der Waals surface area (Å²) in [4.78, 5) is 18.8. The molecule has 0 rings (SSSR count). The summed E-state index contributed by atoms with van der Waals surface area (Å²) in [6.07, 6.45) is 2.15. The molecule has 0 spiro atoms. The standard InChI is InChI=1S/C4H12OSi.2C3H5NO2/c1-2-3-4(5)6;2*1-2-4-3(5)6/h4-5H,2-3H2,1,6H3;2*2,4H,1H2,(H,5,6). The average molecular weight is 278 g/mol. The minimum atomic E-state index is -1.08. The number of aliphatic hydroxyl groups is 1. The van der Waals surface area contributed by atoms with E-state index in [-0.39, 0.29) is 5.73 Å². The van der Waals surface area contributed by atoms with Crippen LogP contribution in [0.25, 0.3) is 0 Å². The molecule has 1 unspecified atom stereocenters. The van der Waals surface area contributed by atoms with Gasteiger partial charge in [-0.1, -0.05) is 26.5 Å². The van der Waals surface area contributed by atoms with Crippen LogP contribution in [0.5, 0.6) is 0 Å². The second-order valence-corrected chi connectivity index (χ2v) is 4.28. The zero-order valence-corrected chi connectivity index (χ0v) is 12.7. The van der Waals surface area contributed by atoms with Gasteiger partial charge in [0, 0.05) is 16.0 Å². The van der Waals surface area contributed by atoms with Gasteiger partial charge < -0.3 is 15.3 Å². The maximum Gasteiger partial charge on any atom is 0.408 e. The Labute approximate surface area is 110 Å². The van der Waals surface area contributed by atoms with Crippen molar-refractivity contribution in [1.29, 1.82) is 0 Å². The Balaban J connectivity index is -0.000000187. The van der Waals surface area contributed by atoms with Crippen LogP contribution >= 0.6 is 0 Å². The fraction of sp³-hybridized carbons (Fsp3) is 0.400. The van der Waals surface area contributed by atoms with Crippen LogP contribution < -0.4 is 10.6 Å². The van der Waals surface area contributed by atoms with E-state index < -0.39 is 12.2 Å². The zero-order valence-electron chi connectivity index (χ0n) is 10.7. The van der Waals surface area contributed by atoms with E-state index in [1.165, 1.54) is 0 Å². The van der Waals surface area contributed by atoms with Crippen LogP contribution in [-0.4, -0.2) is 43.5 Å². The summed E-state index contributed by atoms with van der Waals surface area (Å²) in [5.41, 5.74) is 0.0370. The van der Waals surface area contributed by atoms with Gasteiger partial charge in [-0.15, -0.1) is 0 Å². The zero-order chi connectivity index (χ0) is 15.0. The van der Waals surface area contributed by atoms with Crippen molar-refractivity contribution in [3.63, 3.8) is 0 Å². The maximum absolute atomic E-state index is 9.42. The lowest BCUT2D eigenvalue weighted by atomic mass is 10.4. The number of hydrogen-bond donors (Lipinski definition) is 5. The highest BCUT2D eigenvalue weighted by Crippen LogP contribution is 1.87. The number of rotatable bonds is 4. The number of hydrogen-bond acceptors (Lipinski definition) is 3. The van der Waals surface area contributed by atoms with Crippen LogP contribution in [0.2, 0.25) is 0 Å². The number of nitrogens with one attached hydrogen (secondary N) is 2. The second-order valence-electron chi connectivity index (χ2n) is 2.94. The predicted octanol–water partition coefficient (Wildman–Crippen LogP) is 0.265. The van der Waals surface area contributed by atoms with Crippen molar-refractivity contribution in [2.24, 2.45) is 0 Å². The van der Waals surface area contributed by atoms with Gasteiger partial charge in [0.1, 0.15) is 0 Å². The van der Waals surface area contributed by atoms with E-state index in [0.29, 0.717) is 0 Å². The van der Waals surface area contributed by atoms with Gasteiger partial charge in [-0.05, 0) is 18.8 Å². The van der Waals surface area contributed by atoms with Crippen molar-refractivity contribution >= 4 is 22.4 Å². The molecule has 7 nitrogen and oxygen atoms in total. The molecular weight excluding hydrogens is 256 g/mol. The maximum atomic E-state index is 9.42. The average Bonchev–Trinajstić information content (AvgIpc) is 2.18. The lowest BCUT2D eigenvalue weighted by Crippen LogP contribution is -2.11. The molecule has 0 aliphatic rings. The first-order chi connectivity index (χ1) is 8.31. The van der Waals surface area contributed by atoms with E-state index in [2.05, 4.69) is 20.1 Å². The van der Waals surface area contributed by atoms with Crippen molar-refractivity contribution in [3.05, 3.63) is 25.6 Å². The quantitative estimate of drug-likeness (QED) is 0.473. The molecule has 18 heavy (non-hydrogen) atoms. The number of aliphatic hydroxyl groups excluding tert-OH is 1. The molecule has 0 saturated heterocycles. The first kappa shape index (κ1) is 21.5. The van der Waals surface area contributed by atoms with Crippen molar-refractivity contribution in [1.82, 2.24) is 10.6 Å². The van der Waals surface area contributed by atoms with Crippen molar-refractivity contribution in [3.8, 4) is 0 Å². The molecule has 5 N–H and O–H groups in total. The molecule has 2 amide bonds. The van der Waals surface area contributed by atoms with Crippen LogP contribution in [0.3, 0.4) is 0 Å². The smallest absolute Gasteiger partial charge is 0.408 e. The Kier molecular flexibility index (Phi) is 21.0. The molecule has 0 saturated carbocycles. The first-order valence-corrected chi connectivity index (χ1v) is 6.35. The van der Waals surface area contributed by atoms with Gasteiger partial charge in [0.05, 0.1) is 0 Å². The van der Waals surface area contributed by atoms with Gasteiger partial charge in [0.15, 0.2) is 0 Å². The minimum absolute atomic E-state index is 0.0370. The normalized spacial score (nSPS) is 9.44.